The Morgan fingerprint density at radius 1 is 1.33 bits per heavy atom. The average Bonchev–Trinajstić information content (AvgIpc) is 2.96. The van der Waals surface area contributed by atoms with Crippen LogP contribution >= 0.6 is 15.9 Å². The van der Waals surface area contributed by atoms with E-state index >= 15 is 0 Å². The van der Waals surface area contributed by atoms with Crippen LogP contribution in [0.4, 0.5) is 0 Å². The molecule has 1 N–H and O–H groups in total. The van der Waals surface area contributed by atoms with Gasteiger partial charge in [0.25, 0.3) is 0 Å². The first-order chi connectivity index (χ1) is 10.0. The van der Waals surface area contributed by atoms with Crippen LogP contribution in [-0.2, 0) is 6.42 Å². The summed E-state index contributed by atoms with van der Waals surface area (Å²) in [6, 6.07) is 3.21. The molecular weight excluding hydrogens is 342 g/mol. The van der Waals surface area contributed by atoms with Crippen molar-refractivity contribution in [3.05, 3.63) is 27.9 Å². The molecule has 0 fully saturated rings. The van der Waals surface area contributed by atoms with Gasteiger partial charge in [-0.1, -0.05) is 12.1 Å². The van der Waals surface area contributed by atoms with Crippen molar-refractivity contribution in [2.45, 2.75) is 13.3 Å². The number of hydrogen-bond donors (Lipinski definition) is 1. The molecule has 0 atom stereocenters. The van der Waals surface area contributed by atoms with Gasteiger partial charge in [-0.05, 0) is 34.0 Å². The van der Waals surface area contributed by atoms with Gasteiger partial charge < -0.3 is 19.1 Å². The molecule has 0 amide bonds. The van der Waals surface area contributed by atoms with E-state index in [0.717, 1.165) is 12.0 Å². The number of halogens is 1. The molecular formula is C14H14BrNO5. The highest BCUT2D eigenvalue weighted by Crippen LogP contribution is 2.44. The summed E-state index contributed by atoms with van der Waals surface area (Å²) in [5.74, 6) is -0.206. The van der Waals surface area contributed by atoms with E-state index in [9.17, 15) is 4.79 Å². The van der Waals surface area contributed by atoms with Gasteiger partial charge in [0.1, 0.15) is 21.7 Å². The zero-order valence-corrected chi connectivity index (χ0v) is 13.4. The number of aromatic nitrogens is 1. The largest absolute Gasteiger partial charge is 0.495 e. The van der Waals surface area contributed by atoms with Gasteiger partial charge in [-0.25, -0.2) is 4.79 Å². The van der Waals surface area contributed by atoms with Crippen molar-refractivity contribution in [2.75, 3.05) is 14.2 Å². The summed E-state index contributed by atoms with van der Waals surface area (Å²) >= 11 is 3.45. The third kappa shape index (κ3) is 2.73. The smallest absolute Gasteiger partial charge is 0.374 e. The molecule has 0 aliphatic rings. The Hall–Kier alpha value is -2.02. The maximum Gasteiger partial charge on any atom is 0.374 e. The van der Waals surface area contributed by atoms with E-state index in [1.807, 2.05) is 13.0 Å². The van der Waals surface area contributed by atoms with Crippen molar-refractivity contribution in [2.24, 2.45) is 0 Å². The molecule has 2 aromatic rings. The fourth-order valence-electron chi connectivity index (χ4n) is 2.04. The Balaban J connectivity index is 2.66. The van der Waals surface area contributed by atoms with Crippen LogP contribution in [0.2, 0.25) is 0 Å². The highest BCUT2D eigenvalue weighted by atomic mass is 79.9. The van der Waals surface area contributed by atoms with Gasteiger partial charge in [-0.2, -0.15) is 0 Å². The average molecular weight is 356 g/mol. The van der Waals surface area contributed by atoms with Gasteiger partial charge in [0.05, 0.1) is 14.2 Å². The Morgan fingerprint density at radius 2 is 2.00 bits per heavy atom. The molecule has 6 nitrogen and oxygen atoms in total. The topological polar surface area (TPSA) is 81.8 Å². The first-order valence-electron chi connectivity index (χ1n) is 6.17. The second kappa shape index (κ2) is 6.17. The van der Waals surface area contributed by atoms with Crippen molar-refractivity contribution >= 4 is 21.9 Å². The van der Waals surface area contributed by atoms with Crippen molar-refractivity contribution in [1.82, 2.24) is 5.16 Å². The van der Waals surface area contributed by atoms with Crippen LogP contribution in [0, 0.1) is 0 Å². The van der Waals surface area contributed by atoms with E-state index in [1.54, 1.807) is 7.11 Å². The normalized spacial score (nSPS) is 10.5. The number of rotatable bonds is 5. The lowest BCUT2D eigenvalue weighted by Gasteiger charge is -2.15. The Kier molecular flexibility index (Phi) is 4.52. The number of aromatic carboxylic acids is 1. The summed E-state index contributed by atoms with van der Waals surface area (Å²) in [7, 11) is 3.10. The molecule has 0 aliphatic heterocycles. The number of benzene rings is 1. The van der Waals surface area contributed by atoms with E-state index in [0.29, 0.717) is 27.2 Å². The van der Waals surface area contributed by atoms with E-state index in [-0.39, 0.29) is 5.76 Å². The lowest BCUT2D eigenvalue weighted by atomic mass is 10.0. The third-order valence-corrected chi connectivity index (χ3v) is 3.76. The molecule has 0 unspecified atom stereocenters. The van der Waals surface area contributed by atoms with E-state index in [1.165, 1.54) is 13.2 Å². The zero-order chi connectivity index (χ0) is 15.6. The third-order valence-electron chi connectivity index (χ3n) is 3.04. The second-order valence-corrected chi connectivity index (χ2v) is 4.99. The maximum atomic E-state index is 10.9. The highest BCUT2D eigenvalue weighted by molar-refractivity contribution is 9.10. The number of hydrogen-bond acceptors (Lipinski definition) is 5. The first kappa shape index (κ1) is 15.4. The van der Waals surface area contributed by atoms with E-state index in [4.69, 9.17) is 19.1 Å². The minimum atomic E-state index is -1.17. The van der Waals surface area contributed by atoms with Crippen LogP contribution in [0.5, 0.6) is 11.5 Å². The van der Waals surface area contributed by atoms with Crippen LogP contribution in [-0.4, -0.2) is 30.5 Å². The number of ether oxygens (including phenoxy) is 2. The highest BCUT2D eigenvalue weighted by Gasteiger charge is 2.21. The second-order valence-electron chi connectivity index (χ2n) is 4.20. The molecule has 7 heteroatoms. The fraction of sp³-hybridized carbons (Fsp3) is 0.286. The predicted molar refractivity (Wildman–Crippen MR) is 79.1 cm³/mol. The molecule has 2 rings (SSSR count). The predicted octanol–water partition coefficient (Wildman–Crippen LogP) is 3.38. The van der Waals surface area contributed by atoms with Crippen LogP contribution in [0.3, 0.4) is 0 Å². The van der Waals surface area contributed by atoms with Crippen molar-refractivity contribution in [3.63, 3.8) is 0 Å². The monoisotopic (exact) mass is 355 g/mol. The minimum absolute atomic E-state index is 0.225. The molecule has 0 spiro atoms. The summed E-state index contributed by atoms with van der Waals surface area (Å²) in [5.41, 5.74) is 1.97. The number of carbonyl (C=O) groups is 1. The van der Waals surface area contributed by atoms with E-state index < -0.39 is 5.97 Å². The van der Waals surface area contributed by atoms with Gasteiger partial charge in [-0.3, -0.25) is 0 Å². The molecule has 1 heterocycles. The molecule has 1 aromatic heterocycles. The lowest BCUT2D eigenvalue weighted by Crippen LogP contribution is -1.98. The molecule has 112 valence electrons. The van der Waals surface area contributed by atoms with Crippen molar-refractivity contribution < 1.29 is 23.9 Å². The SMILES string of the molecule is CCc1cc(-c2cc(C(=O)O)on2)c(OC)c(Br)c1OC. The number of nitrogens with zero attached hydrogens (tertiary/aromatic N) is 1. The summed E-state index contributed by atoms with van der Waals surface area (Å²) in [4.78, 5) is 10.9. The summed E-state index contributed by atoms with van der Waals surface area (Å²) in [6.07, 6.45) is 0.738. The zero-order valence-electron chi connectivity index (χ0n) is 11.8. The summed E-state index contributed by atoms with van der Waals surface area (Å²) < 4.78 is 16.2. The van der Waals surface area contributed by atoms with Crippen molar-refractivity contribution in [1.29, 1.82) is 0 Å². The Labute approximate surface area is 129 Å². The van der Waals surface area contributed by atoms with Gasteiger partial charge in [0, 0.05) is 11.6 Å². The maximum absolute atomic E-state index is 10.9. The molecule has 0 bridgehead atoms. The number of carboxylic acid groups (broad SMARTS) is 1. The summed E-state index contributed by atoms with van der Waals surface area (Å²) in [6.45, 7) is 1.99. The quantitative estimate of drug-likeness (QED) is 0.885. The number of aryl methyl sites for hydroxylation is 1. The Bertz CT molecular complexity index is 680. The first-order valence-corrected chi connectivity index (χ1v) is 6.96. The van der Waals surface area contributed by atoms with Crippen LogP contribution < -0.4 is 9.47 Å². The number of methoxy groups -OCH3 is 2. The van der Waals surface area contributed by atoms with Gasteiger partial charge in [-0.15, -0.1) is 0 Å². The standard InChI is InChI=1S/C14H14BrNO5/c1-4-7-5-8(9-6-10(14(17)18)21-16-9)13(20-3)11(15)12(7)19-2/h5-6H,4H2,1-3H3,(H,17,18). The van der Waals surface area contributed by atoms with Crippen LogP contribution in [0.25, 0.3) is 11.3 Å². The fourth-order valence-corrected chi connectivity index (χ4v) is 2.84. The van der Waals surface area contributed by atoms with Crippen molar-refractivity contribution in [3.8, 4) is 22.8 Å². The molecule has 0 aliphatic carbocycles. The molecule has 21 heavy (non-hydrogen) atoms. The van der Waals surface area contributed by atoms with Gasteiger partial charge in [0.2, 0.25) is 5.76 Å². The molecule has 0 saturated carbocycles. The van der Waals surface area contributed by atoms with E-state index in [2.05, 4.69) is 21.1 Å². The molecule has 0 saturated heterocycles. The number of carboxylic acids is 1. The van der Waals surface area contributed by atoms with Crippen LogP contribution in [0.15, 0.2) is 21.1 Å². The Morgan fingerprint density at radius 3 is 2.48 bits per heavy atom. The summed E-state index contributed by atoms with van der Waals surface area (Å²) in [5, 5.41) is 12.7. The van der Waals surface area contributed by atoms with Gasteiger partial charge in [0.15, 0.2) is 0 Å². The van der Waals surface area contributed by atoms with Gasteiger partial charge >= 0.3 is 5.97 Å². The minimum Gasteiger partial charge on any atom is -0.495 e. The molecule has 0 radical (unpaired) electrons. The lowest BCUT2D eigenvalue weighted by molar-refractivity contribution is 0.0652. The van der Waals surface area contributed by atoms with Crippen LogP contribution in [0.1, 0.15) is 23.0 Å². The molecule has 1 aromatic carbocycles.